The van der Waals surface area contributed by atoms with E-state index in [-0.39, 0.29) is 48.0 Å². The van der Waals surface area contributed by atoms with Gasteiger partial charge in [-0.1, -0.05) is 31.0 Å². The Kier molecular flexibility index (Phi) is 9.04. The van der Waals surface area contributed by atoms with Gasteiger partial charge in [0.15, 0.2) is 0 Å². The summed E-state index contributed by atoms with van der Waals surface area (Å²) in [4.78, 5) is 41.5. The molecule has 4 rings (SSSR count). The fourth-order valence-corrected chi connectivity index (χ4v) is 6.36. The molecule has 2 atom stereocenters. The third-order valence-electron chi connectivity index (χ3n) is 7.51. The number of amidine groups is 1. The molecule has 9 nitrogen and oxygen atoms in total. The monoisotopic (exact) mass is 539 g/mol. The van der Waals surface area contributed by atoms with E-state index >= 15 is 0 Å². The van der Waals surface area contributed by atoms with Crippen LogP contribution >= 0.6 is 11.3 Å². The first-order chi connectivity index (χ1) is 18.3. The summed E-state index contributed by atoms with van der Waals surface area (Å²) < 4.78 is 5.62. The van der Waals surface area contributed by atoms with Gasteiger partial charge in [-0.25, -0.2) is 0 Å². The standard InChI is InChI=1S/C28H37N5O4S/c1-19(23-14-20(17-38-23)26(29)30)32-27(36)22-15-28(11-5-6-12-28)18-33(22)25(35)16-31-24(34)10-7-13-37-21-8-3-2-4-9-21/h2-4,8-9,14,17,19,22H,5-7,10-13,15-16,18H2,1H3,(H3,29,30)(H,31,34)(H,32,36)/t19-,22?/m1/s1. The molecule has 3 amide bonds. The molecule has 1 saturated heterocycles. The van der Waals surface area contributed by atoms with Crippen molar-refractivity contribution in [1.29, 1.82) is 5.41 Å². The minimum absolute atomic E-state index is 0.00691. The number of hydrogen-bond donors (Lipinski definition) is 4. The van der Waals surface area contributed by atoms with Gasteiger partial charge in [0.2, 0.25) is 17.7 Å². The van der Waals surface area contributed by atoms with Gasteiger partial charge in [-0.15, -0.1) is 11.3 Å². The zero-order chi connectivity index (χ0) is 27.1. The van der Waals surface area contributed by atoms with Crippen molar-refractivity contribution in [2.75, 3.05) is 19.7 Å². The zero-order valence-electron chi connectivity index (χ0n) is 21.8. The Morgan fingerprint density at radius 3 is 2.66 bits per heavy atom. The Balaban J connectivity index is 1.30. The fraction of sp³-hybridized carbons (Fsp3) is 0.500. The molecule has 10 heteroatoms. The van der Waals surface area contributed by atoms with Crippen molar-refractivity contribution in [3.05, 3.63) is 52.2 Å². The average Bonchev–Trinajstić information content (AvgIpc) is 3.66. The van der Waals surface area contributed by atoms with Gasteiger partial charge in [-0.05, 0) is 56.2 Å². The van der Waals surface area contributed by atoms with Crippen LogP contribution in [0.2, 0.25) is 0 Å². The second-order valence-corrected chi connectivity index (χ2v) is 11.3. The molecule has 1 aliphatic carbocycles. The van der Waals surface area contributed by atoms with Crippen molar-refractivity contribution in [2.24, 2.45) is 11.1 Å². The maximum Gasteiger partial charge on any atom is 0.243 e. The van der Waals surface area contributed by atoms with E-state index < -0.39 is 6.04 Å². The first-order valence-corrected chi connectivity index (χ1v) is 14.1. The minimum atomic E-state index is -0.563. The summed E-state index contributed by atoms with van der Waals surface area (Å²) in [6.07, 6.45) is 5.68. The molecule has 204 valence electrons. The molecule has 5 N–H and O–H groups in total. The molecule has 1 unspecified atom stereocenters. The highest BCUT2D eigenvalue weighted by Crippen LogP contribution is 2.47. The molecule has 1 aliphatic heterocycles. The molecular formula is C28H37N5O4S. The van der Waals surface area contributed by atoms with Gasteiger partial charge in [0.1, 0.15) is 17.6 Å². The van der Waals surface area contributed by atoms with Gasteiger partial charge in [0.25, 0.3) is 0 Å². The van der Waals surface area contributed by atoms with Crippen molar-refractivity contribution in [2.45, 2.75) is 64.0 Å². The van der Waals surface area contributed by atoms with Crippen molar-refractivity contribution < 1.29 is 19.1 Å². The summed E-state index contributed by atoms with van der Waals surface area (Å²) in [6.45, 7) is 2.73. The van der Waals surface area contributed by atoms with Gasteiger partial charge in [0, 0.05) is 28.8 Å². The lowest BCUT2D eigenvalue weighted by atomic mass is 9.84. The number of carbonyl (C=O) groups excluding carboxylic acids is 3. The van der Waals surface area contributed by atoms with Gasteiger partial charge in [0.05, 0.1) is 19.2 Å². The van der Waals surface area contributed by atoms with Gasteiger partial charge in [-0.2, -0.15) is 0 Å². The van der Waals surface area contributed by atoms with Crippen LogP contribution in [-0.2, 0) is 14.4 Å². The van der Waals surface area contributed by atoms with E-state index in [0.717, 1.165) is 36.3 Å². The highest BCUT2D eigenvalue weighted by atomic mass is 32.1. The lowest BCUT2D eigenvalue weighted by Crippen LogP contribution is -2.49. The van der Waals surface area contributed by atoms with Crippen LogP contribution in [0.15, 0.2) is 41.8 Å². The quantitative estimate of drug-likeness (QED) is 0.197. The Hall–Kier alpha value is -3.40. The number of nitrogens with one attached hydrogen (secondary N) is 3. The highest BCUT2D eigenvalue weighted by molar-refractivity contribution is 7.10. The Morgan fingerprint density at radius 2 is 1.97 bits per heavy atom. The Bertz CT molecular complexity index is 1150. The van der Waals surface area contributed by atoms with E-state index in [4.69, 9.17) is 15.9 Å². The number of rotatable bonds is 11. The summed E-state index contributed by atoms with van der Waals surface area (Å²) in [6, 6.07) is 10.4. The third kappa shape index (κ3) is 6.92. The van der Waals surface area contributed by atoms with Gasteiger partial charge in [-0.3, -0.25) is 19.8 Å². The molecule has 0 bridgehead atoms. The summed E-state index contributed by atoms with van der Waals surface area (Å²) in [5.41, 5.74) is 6.19. The number of hydrogen-bond acceptors (Lipinski definition) is 6. The predicted octanol–water partition coefficient (Wildman–Crippen LogP) is 3.35. The second-order valence-electron chi connectivity index (χ2n) is 10.4. The maximum absolute atomic E-state index is 13.4. The first-order valence-electron chi connectivity index (χ1n) is 13.2. The van der Waals surface area contributed by atoms with Crippen LogP contribution in [0.3, 0.4) is 0 Å². The molecule has 1 spiro atoms. The van der Waals surface area contributed by atoms with Crippen LogP contribution in [0.1, 0.15) is 68.4 Å². The smallest absolute Gasteiger partial charge is 0.243 e. The number of para-hydroxylation sites is 1. The average molecular weight is 540 g/mol. The SMILES string of the molecule is C[C@@H](NC(=O)C1CC2(CCCC2)CN1C(=O)CNC(=O)CCCOc1ccccc1)c1cc(C(=N)N)cs1. The Labute approximate surface area is 227 Å². The van der Waals surface area contributed by atoms with Crippen LogP contribution in [0.5, 0.6) is 5.75 Å². The highest BCUT2D eigenvalue weighted by Gasteiger charge is 2.49. The normalized spacial score (nSPS) is 18.8. The summed E-state index contributed by atoms with van der Waals surface area (Å²) in [7, 11) is 0. The van der Waals surface area contributed by atoms with Crippen molar-refractivity contribution in [1.82, 2.24) is 15.5 Å². The van der Waals surface area contributed by atoms with Gasteiger partial charge >= 0.3 is 0 Å². The lowest BCUT2D eigenvalue weighted by Gasteiger charge is -2.26. The largest absolute Gasteiger partial charge is 0.494 e. The summed E-state index contributed by atoms with van der Waals surface area (Å²) >= 11 is 1.44. The first kappa shape index (κ1) is 27.6. The second kappa shape index (κ2) is 12.4. The van der Waals surface area contributed by atoms with E-state index in [1.807, 2.05) is 43.3 Å². The number of ether oxygens (including phenoxy) is 1. The number of nitrogens with two attached hydrogens (primary N) is 1. The van der Waals surface area contributed by atoms with Crippen LogP contribution in [-0.4, -0.2) is 54.2 Å². The molecule has 2 fully saturated rings. The lowest BCUT2D eigenvalue weighted by molar-refractivity contribution is -0.139. The van der Waals surface area contributed by atoms with Crippen molar-refractivity contribution in [3.8, 4) is 5.75 Å². The third-order valence-corrected chi connectivity index (χ3v) is 8.62. The molecule has 2 aliphatic rings. The molecular weight excluding hydrogens is 502 g/mol. The predicted molar refractivity (Wildman–Crippen MR) is 147 cm³/mol. The summed E-state index contributed by atoms with van der Waals surface area (Å²) in [5, 5.41) is 15.2. The number of carbonyl (C=O) groups is 3. The van der Waals surface area contributed by atoms with Crippen LogP contribution in [0.25, 0.3) is 0 Å². The molecule has 0 radical (unpaired) electrons. The van der Waals surface area contributed by atoms with E-state index in [1.165, 1.54) is 11.3 Å². The molecule has 1 saturated carbocycles. The van der Waals surface area contributed by atoms with Gasteiger partial charge < -0.3 is 26.0 Å². The number of amides is 3. The Morgan fingerprint density at radius 1 is 1.24 bits per heavy atom. The number of benzene rings is 1. The fourth-order valence-electron chi connectivity index (χ4n) is 5.45. The van der Waals surface area contributed by atoms with Crippen molar-refractivity contribution in [3.63, 3.8) is 0 Å². The van der Waals surface area contributed by atoms with Crippen LogP contribution < -0.4 is 21.1 Å². The molecule has 38 heavy (non-hydrogen) atoms. The number of likely N-dealkylation sites (tertiary alicyclic amines) is 1. The topological polar surface area (TPSA) is 138 Å². The molecule has 2 aromatic rings. The van der Waals surface area contributed by atoms with E-state index in [9.17, 15) is 14.4 Å². The number of thiophene rings is 1. The number of nitrogens with zero attached hydrogens (tertiary/aromatic N) is 1. The van der Waals surface area contributed by atoms with Crippen molar-refractivity contribution >= 4 is 34.9 Å². The van der Waals surface area contributed by atoms with Crippen LogP contribution in [0, 0.1) is 10.8 Å². The zero-order valence-corrected chi connectivity index (χ0v) is 22.6. The molecule has 1 aromatic heterocycles. The minimum Gasteiger partial charge on any atom is -0.494 e. The van der Waals surface area contributed by atoms with Crippen LogP contribution in [0.4, 0.5) is 0 Å². The summed E-state index contributed by atoms with van der Waals surface area (Å²) in [5.74, 6) is 0.128. The molecule has 2 heterocycles. The van der Waals surface area contributed by atoms with E-state index in [0.29, 0.717) is 31.6 Å². The van der Waals surface area contributed by atoms with E-state index in [2.05, 4.69) is 10.6 Å². The molecule has 1 aromatic carbocycles. The number of nitrogen functional groups attached to an aromatic ring is 1. The van der Waals surface area contributed by atoms with E-state index in [1.54, 1.807) is 10.3 Å². The maximum atomic E-state index is 13.4.